The summed E-state index contributed by atoms with van der Waals surface area (Å²) < 4.78 is 6.12. The number of hydrogen-bond donors (Lipinski definition) is 1. The molecule has 1 aromatic rings. The van der Waals surface area contributed by atoms with Gasteiger partial charge in [0.05, 0.1) is 12.7 Å². The highest BCUT2D eigenvalue weighted by Gasteiger charge is 2.31. The van der Waals surface area contributed by atoms with E-state index in [1.807, 2.05) is 13.3 Å². The second kappa shape index (κ2) is 6.04. The van der Waals surface area contributed by atoms with Crippen LogP contribution in [0.3, 0.4) is 0 Å². The molecule has 1 N–H and O–H groups in total. The highest BCUT2D eigenvalue weighted by Crippen LogP contribution is 2.28. The fourth-order valence-corrected chi connectivity index (χ4v) is 3.19. The van der Waals surface area contributed by atoms with Gasteiger partial charge < -0.3 is 10.1 Å². The van der Waals surface area contributed by atoms with Crippen molar-refractivity contribution in [2.75, 3.05) is 39.8 Å². The summed E-state index contributed by atoms with van der Waals surface area (Å²) in [6.07, 6.45) is 2.12. The quantitative estimate of drug-likeness (QED) is 0.827. The summed E-state index contributed by atoms with van der Waals surface area (Å²) in [5.74, 6) is 0. The maximum Gasteiger partial charge on any atom is 0.0955 e. The Kier molecular flexibility index (Phi) is 4.15. The Balaban J connectivity index is 1.81. The molecule has 3 rings (SSSR count). The van der Waals surface area contributed by atoms with Crippen LogP contribution in [-0.2, 0) is 4.74 Å². The predicted octanol–water partition coefficient (Wildman–Crippen LogP) is 1.39. The molecule has 2 aliphatic rings. The van der Waals surface area contributed by atoms with E-state index in [-0.39, 0.29) is 6.10 Å². The summed E-state index contributed by atoms with van der Waals surface area (Å²) in [6.45, 7) is 7.25. The average molecular weight is 273 g/mol. The Hall–Kier alpha value is -1.23. The lowest BCUT2D eigenvalue weighted by Crippen LogP contribution is -2.57. The van der Waals surface area contributed by atoms with Crippen molar-refractivity contribution in [1.82, 2.24) is 10.2 Å². The van der Waals surface area contributed by atoms with E-state index in [2.05, 4.69) is 40.3 Å². The van der Waals surface area contributed by atoms with Crippen LogP contribution in [0, 0.1) is 6.92 Å². The molecule has 0 bridgehead atoms. The van der Waals surface area contributed by atoms with E-state index in [1.54, 1.807) is 0 Å². The second-order valence-electron chi connectivity index (χ2n) is 5.62. The van der Waals surface area contributed by atoms with Gasteiger partial charge in [0, 0.05) is 45.5 Å². The number of benzene rings is 1. The van der Waals surface area contributed by atoms with Gasteiger partial charge in [0.1, 0.15) is 0 Å². The molecule has 2 fully saturated rings. The van der Waals surface area contributed by atoms with Crippen molar-refractivity contribution in [2.45, 2.75) is 19.1 Å². The van der Waals surface area contributed by atoms with Gasteiger partial charge in [0.25, 0.3) is 0 Å². The molecule has 108 valence electrons. The normalized spacial score (nSPS) is 27.7. The second-order valence-corrected chi connectivity index (χ2v) is 5.62. The molecule has 0 amide bonds. The van der Waals surface area contributed by atoms with Crippen LogP contribution in [0.4, 0.5) is 0 Å². The summed E-state index contributed by atoms with van der Waals surface area (Å²) in [4.78, 5) is 6.69. The highest BCUT2D eigenvalue weighted by molar-refractivity contribution is 5.82. The number of ether oxygens (including phenoxy) is 1. The Labute approximate surface area is 120 Å². The van der Waals surface area contributed by atoms with Crippen LogP contribution in [0.15, 0.2) is 23.2 Å². The first-order chi connectivity index (χ1) is 9.79. The molecule has 0 aliphatic carbocycles. The van der Waals surface area contributed by atoms with Crippen LogP contribution in [0.1, 0.15) is 22.8 Å². The number of nitrogens with zero attached hydrogens (tertiary/aromatic N) is 2. The van der Waals surface area contributed by atoms with Crippen molar-refractivity contribution < 1.29 is 4.74 Å². The van der Waals surface area contributed by atoms with Gasteiger partial charge in [-0.1, -0.05) is 18.2 Å². The molecule has 2 saturated heterocycles. The maximum absolute atomic E-state index is 6.12. The van der Waals surface area contributed by atoms with Gasteiger partial charge in [-0.3, -0.25) is 9.89 Å². The van der Waals surface area contributed by atoms with E-state index in [0.717, 1.165) is 32.8 Å². The highest BCUT2D eigenvalue weighted by atomic mass is 16.5. The maximum atomic E-state index is 6.12. The zero-order chi connectivity index (χ0) is 13.9. The Morgan fingerprint density at radius 1 is 1.45 bits per heavy atom. The fraction of sp³-hybridized carbons (Fsp3) is 0.562. The number of aliphatic imine (C=N–C) groups is 1. The summed E-state index contributed by atoms with van der Waals surface area (Å²) in [7, 11) is 1.81. The summed E-state index contributed by atoms with van der Waals surface area (Å²) in [5, 5.41) is 3.44. The van der Waals surface area contributed by atoms with Crippen LogP contribution in [0.25, 0.3) is 0 Å². The third-order valence-electron chi connectivity index (χ3n) is 4.39. The van der Waals surface area contributed by atoms with Crippen LogP contribution in [-0.4, -0.2) is 57.0 Å². The molecule has 0 spiro atoms. The number of piperazine rings is 1. The predicted molar refractivity (Wildman–Crippen MR) is 81.6 cm³/mol. The molecule has 2 aliphatic heterocycles. The molecule has 1 aromatic carbocycles. The lowest BCUT2D eigenvalue weighted by molar-refractivity contribution is -0.0719. The van der Waals surface area contributed by atoms with Crippen molar-refractivity contribution in [3.05, 3.63) is 34.9 Å². The van der Waals surface area contributed by atoms with Crippen molar-refractivity contribution in [3.8, 4) is 0 Å². The number of rotatable bonds is 2. The van der Waals surface area contributed by atoms with Crippen LogP contribution < -0.4 is 5.32 Å². The smallest absolute Gasteiger partial charge is 0.0955 e. The Morgan fingerprint density at radius 3 is 3.20 bits per heavy atom. The standard InChI is InChI=1S/C16H23N3O/c1-12-13(8-17-2)4-3-5-15(12)16-10-19-7-6-18-9-14(19)11-20-16/h3-5,8,14,16,18H,6-7,9-11H2,1-2H3/b17-8+/t14-,16+/m0/s1. The minimum Gasteiger partial charge on any atom is -0.370 e. The van der Waals surface area contributed by atoms with E-state index in [1.165, 1.54) is 16.7 Å². The van der Waals surface area contributed by atoms with Crippen molar-refractivity contribution in [2.24, 2.45) is 4.99 Å². The zero-order valence-corrected chi connectivity index (χ0v) is 12.3. The number of nitrogens with one attached hydrogen (secondary N) is 1. The van der Waals surface area contributed by atoms with E-state index in [0.29, 0.717) is 6.04 Å². The summed E-state index contributed by atoms with van der Waals surface area (Å²) >= 11 is 0. The van der Waals surface area contributed by atoms with Gasteiger partial charge in [0.15, 0.2) is 0 Å². The SMILES string of the molecule is C/N=C/c1cccc([C@H]2CN3CCNC[C@H]3CO2)c1C. The first-order valence-corrected chi connectivity index (χ1v) is 7.37. The van der Waals surface area contributed by atoms with Crippen LogP contribution in [0.5, 0.6) is 0 Å². The van der Waals surface area contributed by atoms with Gasteiger partial charge >= 0.3 is 0 Å². The molecular formula is C16H23N3O. The third-order valence-corrected chi connectivity index (χ3v) is 4.39. The van der Waals surface area contributed by atoms with Gasteiger partial charge in [-0.15, -0.1) is 0 Å². The topological polar surface area (TPSA) is 36.9 Å². The Morgan fingerprint density at radius 2 is 2.35 bits per heavy atom. The third kappa shape index (κ3) is 2.64. The number of morpholine rings is 1. The molecule has 0 radical (unpaired) electrons. The van der Waals surface area contributed by atoms with E-state index >= 15 is 0 Å². The van der Waals surface area contributed by atoms with Crippen molar-refractivity contribution in [1.29, 1.82) is 0 Å². The van der Waals surface area contributed by atoms with Gasteiger partial charge in [-0.05, 0) is 23.6 Å². The average Bonchev–Trinajstić information content (AvgIpc) is 2.49. The molecule has 4 nitrogen and oxygen atoms in total. The van der Waals surface area contributed by atoms with E-state index < -0.39 is 0 Å². The minimum atomic E-state index is 0.189. The van der Waals surface area contributed by atoms with Gasteiger partial charge in [-0.2, -0.15) is 0 Å². The van der Waals surface area contributed by atoms with E-state index in [9.17, 15) is 0 Å². The number of fused-ring (bicyclic) bond motifs is 1. The van der Waals surface area contributed by atoms with Crippen LogP contribution in [0.2, 0.25) is 0 Å². The molecule has 4 heteroatoms. The molecule has 0 unspecified atom stereocenters. The van der Waals surface area contributed by atoms with Crippen LogP contribution >= 0.6 is 0 Å². The first-order valence-electron chi connectivity index (χ1n) is 7.37. The molecule has 2 heterocycles. The summed E-state index contributed by atoms with van der Waals surface area (Å²) in [5.41, 5.74) is 3.78. The monoisotopic (exact) mass is 273 g/mol. The molecule has 0 saturated carbocycles. The lowest BCUT2D eigenvalue weighted by atomic mass is 9.96. The first kappa shape index (κ1) is 13.7. The number of hydrogen-bond acceptors (Lipinski definition) is 4. The van der Waals surface area contributed by atoms with Gasteiger partial charge in [0.2, 0.25) is 0 Å². The molecule has 20 heavy (non-hydrogen) atoms. The Bertz CT molecular complexity index is 500. The summed E-state index contributed by atoms with van der Waals surface area (Å²) in [6, 6.07) is 6.95. The fourth-order valence-electron chi connectivity index (χ4n) is 3.19. The largest absolute Gasteiger partial charge is 0.370 e. The van der Waals surface area contributed by atoms with Crippen molar-refractivity contribution in [3.63, 3.8) is 0 Å². The van der Waals surface area contributed by atoms with Gasteiger partial charge in [-0.25, -0.2) is 0 Å². The van der Waals surface area contributed by atoms with E-state index in [4.69, 9.17) is 4.74 Å². The molecule has 2 atom stereocenters. The molecule has 0 aromatic heterocycles. The molecular weight excluding hydrogens is 250 g/mol. The zero-order valence-electron chi connectivity index (χ0n) is 12.3. The van der Waals surface area contributed by atoms with Crippen molar-refractivity contribution >= 4 is 6.21 Å². The minimum absolute atomic E-state index is 0.189. The lowest BCUT2D eigenvalue weighted by Gasteiger charge is -2.43.